The standard InChI is InChI=1S/C12H13N3O3/c1-7(6-16)13-12(18)10-14-9-5-3-2-4-8(9)11(17)15-10/h2-5,7,16H,6H2,1H3,(H,13,18)(H,14,15,17). The second-order valence-corrected chi connectivity index (χ2v) is 3.99. The summed E-state index contributed by atoms with van der Waals surface area (Å²) in [6.07, 6.45) is 0. The highest BCUT2D eigenvalue weighted by molar-refractivity contribution is 5.92. The maximum Gasteiger partial charge on any atom is 0.287 e. The van der Waals surface area contributed by atoms with Crippen molar-refractivity contribution in [2.75, 3.05) is 6.61 Å². The van der Waals surface area contributed by atoms with E-state index in [2.05, 4.69) is 15.3 Å². The molecule has 0 aliphatic heterocycles. The minimum Gasteiger partial charge on any atom is -0.394 e. The van der Waals surface area contributed by atoms with E-state index in [1.807, 2.05) is 0 Å². The van der Waals surface area contributed by atoms with E-state index in [4.69, 9.17) is 5.11 Å². The molecule has 0 aliphatic rings. The van der Waals surface area contributed by atoms with E-state index in [-0.39, 0.29) is 18.0 Å². The van der Waals surface area contributed by atoms with Gasteiger partial charge < -0.3 is 15.4 Å². The molecule has 1 aromatic carbocycles. The number of rotatable bonds is 3. The van der Waals surface area contributed by atoms with Crippen molar-refractivity contribution in [3.05, 3.63) is 40.4 Å². The fourth-order valence-electron chi connectivity index (χ4n) is 1.53. The first-order valence-electron chi connectivity index (χ1n) is 5.52. The van der Waals surface area contributed by atoms with Gasteiger partial charge in [0.1, 0.15) is 0 Å². The topological polar surface area (TPSA) is 95.1 Å². The summed E-state index contributed by atoms with van der Waals surface area (Å²) in [6, 6.07) is 6.38. The summed E-state index contributed by atoms with van der Waals surface area (Å²) >= 11 is 0. The molecule has 2 aromatic rings. The zero-order valence-corrected chi connectivity index (χ0v) is 9.80. The Morgan fingerprint density at radius 1 is 1.50 bits per heavy atom. The molecule has 0 bridgehead atoms. The molecular weight excluding hydrogens is 234 g/mol. The highest BCUT2D eigenvalue weighted by Crippen LogP contribution is 2.05. The molecule has 18 heavy (non-hydrogen) atoms. The number of hydrogen-bond donors (Lipinski definition) is 3. The zero-order chi connectivity index (χ0) is 13.1. The molecule has 0 fully saturated rings. The Bertz CT molecular complexity index is 636. The quantitative estimate of drug-likeness (QED) is 0.713. The predicted molar refractivity (Wildman–Crippen MR) is 66.4 cm³/mol. The van der Waals surface area contributed by atoms with Crippen LogP contribution in [0.5, 0.6) is 0 Å². The van der Waals surface area contributed by atoms with Crippen molar-refractivity contribution in [1.29, 1.82) is 0 Å². The third-order valence-electron chi connectivity index (χ3n) is 2.48. The number of H-pyrrole nitrogens is 1. The minimum atomic E-state index is -0.514. The van der Waals surface area contributed by atoms with Crippen molar-refractivity contribution in [3.8, 4) is 0 Å². The molecule has 1 unspecified atom stereocenters. The van der Waals surface area contributed by atoms with Crippen LogP contribution < -0.4 is 10.9 Å². The number of aliphatic hydroxyl groups excluding tert-OH is 1. The van der Waals surface area contributed by atoms with Crippen LogP contribution in [-0.2, 0) is 0 Å². The third kappa shape index (κ3) is 2.38. The molecule has 1 amide bonds. The van der Waals surface area contributed by atoms with Crippen molar-refractivity contribution in [2.45, 2.75) is 13.0 Å². The van der Waals surface area contributed by atoms with Crippen molar-refractivity contribution in [3.63, 3.8) is 0 Å². The Labute approximate surface area is 103 Å². The summed E-state index contributed by atoms with van der Waals surface area (Å²) in [5.74, 6) is -0.571. The Kier molecular flexibility index (Phi) is 3.38. The normalized spacial score (nSPS) is 12.3. The molecule has 0 saturated carbocycles. The van der Waals surface area contributed by atoms with Gasteiger partial charge >= 0.3 is 0 Å². The van der Waals surface area contributed by atoms with E-state index >= 15 is 0 Å². The number of aromatic amines is 1. The van der Waals surface area contributed by atoms with Crippen LogP contribution in [0.4, 0.5) is 0 Å². The van der Waals surface area contributed by atoms with E-state index in [0.29, 0.717) is 10.9 Å². The molecule has 0 spiro atoms. The summed E-state index contributed by atoms with van der Waals surface area (Å²) in [5.41, 5.74) is 0.102. The van der Waals surface area contributed by atoms with Crippen LogP contribution >= 0.6 is 0 Å². The van der Waals surface area contributed by atoms with Crippen molar-refractivity contribution >= 4 is 16.8 Å². The van der Waals surface area contributed by atoms with Gasteiger partial charge in [-0.2, -0.15) is 0 Å². The lowest BCUT2D eigenvalue weighted by Crippen LogP contribution is -2.36. The zero-order valence-electron chi connectivity index (χ0n) is 9.80. The highest BCUT2D eigenvalue weighted by Gasteiger charge is 2.13. The number of carbonyl (C=O) groups excluding carboxylic acids is 1. The number of nitrogens with one attached hydrogen (secondary N) is 2. The summed E-state index contributed by atoms with van der Waals surface area (Å²) in [7, 11) is 0. The second kappa shape index (κ2) is 4.97. The van der Waals surface area contributed by atoms with Crippen molar-refractivity contribution in [2.24, 2.45) is 0 Å². The van der Waals surface area contributed by atoms with Crippen LogP contribution in [0.3, 0.4) is 0 Å². The smallest absolute Gasteiger partial charge is 0.287 e. The van der Waals surface area contributed by atoms with Crippen LogP contribution in [0.1, 0.15) is 17.5 Å². The number of amides is 1. The molecule has 0 saturated heterocycles. The lowest BCUT2D eigenvalue weighted by Gasteiger charge is -2.10. The van der Waals surface area contributed by atoms with Gasteiger partial charge in [-0.3, -0.25) is 9.59 Å². The molecule has 6 nitrogen and oxygen atoms in total. The summed E-state index contributed by atoms with van der Waals surface area (Å²) in [6.45, 7) is 1.47. The molecule has 2 rings (SSSR count). The van der Waals surface area contributed by atoms with Gasteiger partial charge in [-0.25, -0.2) is 4.98 Å². The van der Waals surface area contributed by atoms with E-state index in [1.54, 1.807) is 31.2 Å². The molecule has 1 atom stereocenters. The molecule has 94 valence electrons. The van der Waals surface area contributed by atoms with Gasteiger partial charge in [0.15, 0.2) is 5.82 Å². The van der Waals surface area contributed by atoms with Gasteiger partial charge in [0.25, 0.3) is 11.5 Å². The van der Waals surface area contributed by atoms with E-state index < -0.39 is 11.9 Å². The van der Waals surface area contributed by atoms with Crippen LogP contribution in [0.15, 0.2) is 29.1 Å². The number of para-hydroxylation sites is 1. The summed E-state index contributed by atoms with van der Waals surface area (Å²) in [4.78, 5) is 30.0. The van der Waals surface area contributed by atoms with Gasteiger partial charge in [-0.05, 0) is 19.1 Å². The van der Waals surface area contributed by atoms with E-state index in [1.165, 1.54) is 0 Å². The van der Waals surface area contributed by atoms with Gasteiger partial charge in [0.2, 0.25) is 0 Å². The number of aromatic nitrogens is 2. The number of fused-ring (bicyclic) bond motifs is 1. The van der Waals surface area contributed by atoms with Gasteiger partial charge in [0.05, 0.1) is 17.5 Å². The largest absolute Gasteiger partial charge is 0.394 e. The van der Waals surface area contributed by atoms with Crippen molar-refractivity contribution in [1.82, 2.24) is 15.3 Å². The molecule has 6 heteroatoms. The van der Waals surface area contributed by atoms with E-state index in [0.717, 1.165) is 0 Å². The van der Waals surface area contributed by atoms with Crippen LogP contribution in [-0.4, -0.2) is 33.6 Å². The monoisotopic (exact) mass is 247 g/mol. The fourth-order valence-corrected chi connectivity index (χ4v) is 1.53. The maximum absolute atomic E-state index is 11.8. The average molecular weight is 247 g/mol. The van der Waals surface area contributed by atoms with Gasteiger partial charge in [0, 0.05) is 6.04 Å². The molecular formula is C12H13N3O3. The second-order valence-electron chi connectivity index (χ2n) is 3.99. The van der Waals surface area contributed by atoms with E-state index in [9.17, 15) is 9.59 Å². The number of nitrogens with zero attached hydrogens (tertiary/aromatic N) is 1. The Morgan fingerprint density at radius 2 is 2.22 bits per heavy atom. The first-order chi connectivity index (χ1) is 8.61. The van der Waals surface area contributed by atoms with Crippen LogP contribution in [0.25, 0.3) is 10.9 Å². The molecule has 1 heterocycles. The van der Waals surface area contributed by atoms with Crippen LogP contribution in [0, 0.1) is 0 Å². The fraction of sp³-hybridized carbons (Fsp3) is 0.250. The van der Waals surface area contributed by atoms with Crippen molar-refractivity contribution < 1.29 is 9.90 Å². The molecule has 0 radical (unpaired) electrons. The Hall–Kier alpha value is -2.21. The van der Waals surface area contributed by atoms with Gasteiger partial charge in [-0.1, -0.05) is 12.1 Å². The number of benzene rings is 1. The minimum absolute atomic E-state index is 0.0565. The maximum atomic E-state index is 11.8. The third-order valence-corrected chi connectivity index (χ3v) is 2.48. The lowest BCUT2D eigenvalue weighted by molar-refractivity contribution is 0.0912. The summed E-state index contributed by atoms with van der Waals surface area (Å²) in [5, 5.41) is 11.8. The first kappa shape index (κ1) is 12.3. The first-order valence-corrected chi connectivity index (χ1v) is 5.52. The Morgan fingerprint density at radius 3 is 2.94 bits per heavy atom. The predicted octanol–water partition coefficient (Wildman–Crippen LogP) is 0.0337. The SMILES string of the molecule is CC(CO)NC(=O)c1nc2ccccc2c(=O)[nH]1. The Balaban J connectivity index is 2.41. The molecule has 0 aliphatic carbocycles. The molecule has 1 aromatic heterocycles. The summed E-state index contributed by atoms with van der Waals surface area (Å²) < 4.78 is 0. The highest BCUT2D eigenvalue weighted by atomic mass is 16.3. The van der Waals surface area contributed by atoms with Gasteiger partial charge in [-0.15, -0.1) is 0 Å². The number of aliphatic hydroxyl groups is 1. The average Bonchev–Trinajstić information content (AvgIpc) is 2.38. The number of carbonyl (C=O) groups is 1. The lowest BCUT2D eigenvalue weighted by atomic mass is 10.2. The molecule has 3 N–H and O–H groups in total. The van der Waals surface area contributed by atoms with Crippen LogP contribution in [0.2, 0.25) is 0 Å². The number of hydrogen-bond acceptors (Lipinski definition) is 4.